The van der Waals surface area contributed by atoms with Crippen LogP contribution in [0.2, 0.25) is 0 Å². The SMILES string of the molecule is O=CCCCC=CC[C@@H]1[C@@H](C=CC(CCc2ccccc2)OC2CCCCO2)[C@H](OC2CCCCO2)C[C@@H]1OC1CCCCO1. The van der Waals surface area contributed by atoms with Gasteiger partial charge in [-0.1, -0.05) is 54.6 Å². The van der Waals surface area contributed by atoms with E-state index in [1.54, 1.807) is 0 Å². The Labute approximate surface area is 271 Å². The summed E-state index contributed by atoms with van der Waals surface area (Å²) in [6.45, 7) is 2.29. The van der Waals surface area contributed by atoms with Crippen molar-refractivity contribution in [3.63, 3.8) is 0 Å². The molecule has 7 heteroatoms. The Morgan fingerprint density at radius 1 is 0.778 bits per heavy atom. The van der Waals surface area contributed by atoms with Crippen molar-refractivity contribution in [1.29, 1.82) is 0 Å². The van der Waals surface area contributed by atoms with E-state index in [0.717, 1.165) is 122 Å². The van der Waals surface area contributed by atoms with Crippen molar-refractivity contribution in [2.24, 2.45) is 11.8 Å². The van der Waals surface area contributed by atoms with Crippen LogP contribution < -0.4 is 0 Å². The van der Waals surface area contributed by atoms with Crippen LogP contribution in [-0.2, 0) is 39.6 Å². The van der Waals surface area contributed by atoms with Crippen molar-refractivity contribution in [2.75, 3.05) is 19.8 Å². The van der Waals surface area contributed by atoms with Gasteiger partial charge >= 0.3 is 0 Å². The maximum atomic E-state index is 10.8. The molecule has 1 aliphatic carbocycles. The highest BCUT2D eigenvalue weighted by Crippen LogP contribution is 2.42. The summed E-state index contributed by atoms with van der Waals surface area (Å²) >= 11 is 0. The fourth-order valence-electron chi connectivity index (χ4n) is 7.11. The average Bonchev–Trinajstić information content (AvgIpc) is 3.40. The van der Waals surface area contributed by atoms with E-state index < -0.39 is 0 Å². The molecule has 4 fully saturated rings. The lowest BCUT2D eigenvalue weighted by atomic mass is 9.89. The van der Waals surface area contributed by atoms with Crippen molar-refractivity contribution in [1.82, 2.24) is 0 Å². The minimum atomic E-state index is -0.162. The number of aryl methyl sites for hydroxylation is 1. The number of hydrogen-bond acceptors (Lipinski definition) is 7. The number of ether oxygens (including phenoxy) is 6. The number of allylic oxidation sites excluding steroid dienone is 2. The van der Waals surface area contributed by atoms with Gasteiger partial charge in [-0.15, -0.1) is 0 Å². The molecule has 45 heavy (non-hydrogen) atoms. The maximum Gasteiger partial charge on any atom is 0.158 e. The average molecular weight is 625 g/mol. The van der Waals surface area contributed by atoms with Crippen LogP contribution in [0.4, 0.5) is 0 Å². The van der Waals surface area contributed by atoms with Crippen molar-refractivity contribution < 1.29 is 33.2 Å². The normalized spacial score (nSPS) is 31.9. The predicted octanol–water partition coefficient (Wildman–Crippen LogP) is 7.86. The van der Waals surface area contributed by atoms with E-state index in [1.807, 2.05) is 0 Å². The van der Waals surface area contributed by atoms with Gasteiger partial charge in [0.1, 0.15) is 6.29 Å². The lowest BCUT2D eigenvalue weighted by Gasteiger charge is -2.30. The van der Waals surface area contributed by atoms with Gasteiger partial charge in [-0.25, -0.2) is 0 Å². The smallest absolute Gasteiger partial charge is 0.158 e. The first-order valence-corrected chi connectivity index (χ1v) is 17.9. The molecule has 1 aromatic carbocycles. The third kappa shape index (κ3) is 11.7. The molecule has 0 amide bonds. The van der Waals surface area contributed by atoms with Crippen LogP contribution in [0.3, 0.4) is 0 Å². The molecule has 250 valence electrons. The van der Waals surface area contributed by atoms with E-state index in [9.17, 15) is 4.79 Å². The second-order valence-corrected chi connectivity index (χ2v) is 13.1. The summed E-state index contributed by atoms with van der Waals surface area (Å²) in [6, 6.07) is 10.7. The summed E-state index contributed by atoms with van der Waals surface area (Å²) in [5.74, 6) is 0.391. The van der Waals surface area contributed by atoms with Crippen LogP contribution in [0.25, 0.3) is 0 Å². The van der Waals surface area contributed by atoms with E-state index >= 15 is 0 Å². The Kier molecular flexibility index (Phi) is 15.1. The highest BCUT2D eigenvalue weighted by Gasteiger charge is 2.45. The molecule has 4 unspecified atom stereocenters. The lowest BCUT2D eigenvalue weighted by molar-refractivity contribution is -0.203. The number of hydrogen-bond donors (Lipinski definition) is 0. The molecule has 1 saturated carbocycles. The molecule has 4 aliphatic rings. The lowest BCUT2D eigenvalue weighted by Crippen LogP contribution is -2.31. The fraction of sp³-hybridized carbons (Fsp3) is 0.711. The Balaban J connectivity index is 1.34. The van der Waals surface area contributed by atoms with Crippen LogP contribution in [0.1, 0.15) is 102 Å². The van der Waals surface area contributed by atoms with Gasteiger partial charge in [0.05, 0.1) is 18.3 Å². The number of unbranched alkanes of at least 4 members (excludes halogenated alkanes) is 2. The first kappa shape index (κ1) is 34.5. The van der Waals surface area contributed by atoms with Crippen LogP contribution in [0.5, 0.6) is 0 Å². The molecule has 8 atom stereocenters. The van der Waals surface area contributed by atoms with E-state index in [1.165, 1.54) is 5.56 Å². The molecule has 3 saturated heterocycles. The summed E-state index contributed by atoms with van der Waals surface area (Å²) in [5.41, 5.74) is 1.32. The molecular weight excluding hydrogens is 568 g/mol. The van der Waals surface area contributed by atoms with E-state index in [4.69, 9.17) is 28.4 Å². The molecule has 0 spiro atoms. The number of benzene rings is 1. The molecular formula is C38H56O7. The van der Waals surface area contributed by atoms with Gasteiger partial charge in [0.15, 0.2) is 18.9 Å². The standard InChI is InChI=1S/C38H56O7/c39-25-11-3-1-2-7-17-32-33(24-23-31(43-36-18-8-12-26-40-36)22-21-30-15-5-4-6-16-30)35(45-38-20-10-14-28-42-38)29-34(32)44-37-19-9-13-27-41-37/h2,4-7,15-16,23-25,31-38H,1,3,8-14,17-22,26-29H2/t31?,32-,33-,34+,35-,36?,37?,38?/m1/s1. The third-order valence-corrected chi connectivity index (χ3v) is 9.64. The van der Waals surface area contributed by atoms with Gasteiger partial charge in [0.25, 0.3) is 0 Å². The summed E-state index contributed by atoms with van der Waals surface area (Å²) in [7, 11) is 0. The Morgan fingerprint density at radius 3 is 2.09 bits per heavy atom. The zero-order chi connectivity index (χ0) is 30.9. The van der Waals surface area contributed by atoms with Gasteiger partial charge in [-0.2, -0.15) is 0 Å². The first-order valence-electron chi connectivity index (χ1n) is 17.9. The third-order valence-electron chi connectivity index (χ3n) is 9.64. The predicted molar refractivity (Wildman–Crippen MR) is 175 cm³/mol. The highest BCUT2D eigenvalue weighted by atomic mass is 16.7. The summed E-state index contributed by atoms with van der Waals surface area (Å²) in [4.78, 5) is 10.8. The molecule has 0 bridgehead atoms. The van der Waals surface area contributed by atoms with Gasteiger partial charge in [-0.05, 0) is 101 Å². The van der Waals surface area contributed by atoms with Gasteiger partial charge in [-0.3, -0.25) is 0 Å². The monoisotopic (exact) mass is 624 g/mol. The minimum Gasteiger partial charge on any atom is -0.353 e. The summed E-state index contributed by atoms with van der Waals surface area (Å²) in [6.07, 6.45) is 25.2. The van der Waals surface area contributed by atoms with Crippen molar-refractivity contribution in [2.45, 2.75) is 140 Å². The summed E-state index contributed by atoms with van der Waals surface area (Å²) < 4.78 is 38.2. The molecule has 0 aromatic heterocycles. The fourth-order valence-corrected chi connectivity index (χ4v) is 7.11. The maximum absolute atomic E-state index is 10.8. The largest absolute Gasteiger partial charge is 0.353 e. The Morgan fingerprint density at radius 2 is 1.44 bits per heavy atom. The zero-order valence-electron chi connectivity index (χ0n) is 27.2. The van der Waals surface area contributed by atoms with Crippen molar-refractivity contribution in [3.8, 4) is 0 Å². The first-order chi connectivity index (χ1) is 22.3. The van der Waals surface area contributed by atoms with Gasteiger partial charge in [0.2, 0.25) is 0 Å². The number of aldehydes is 1. The molecule has 7 nitrogen and oxygen atoms in total. The summed E-state index contributed by atoms with van der Waals surface area (Å²) in [5, 5.41) is 0. The number of carbonyl (C=O) groups excluding carboxylic acids is 1. The van der Waals surface area contributed by atoms with E-state index in [0.29, 0.717) is 6.42 Å². The number of rotatable bonds is 17. The topological polar surface area (TPSA) is 72.5 Å². The number of carbonyl (C=O) groups is 1. The van der Waals surface area contributed by atoms with Crippen molar-refractivity contribution >= 4 is 6.29 Å². The second kappa shape index (κ2) is 19.7. The quantitative estimate of drug-likeness (QED) is 0.0993. The molecule has 3 heterocycles. The molecule has 1 aromatic rings. The van der Waals surface area contributed by atoms with Crippen LogP contribution >= 0.6 is 0 Å². The molecule has 0 radical (unpaired) electrons. The highest BCUT2D eigenvalue weighted by molar-refractivity contribution is 5.49. The van der Waals surface area contributed by atoms with Gasteiger partial charge in [0, 0.05) is 38.6 Å². The molecule has 5 rings (SSSR count). The molecule has 3 aliphatic heterocycles. The van der Waals surface area contributed by atoms with Crippen LogP contribution in [-0.4, -0.2) is 63.3 Å². The van der Waals surface area contributed by atoms with Crippen LogP contribution in [0, 0.1) is 11.8 Å². The van der Waals surface area contributed by atoms with E-state index in [2.05, 4.69) is 54.6 Å². The van der Waals surface area contributed by atoms with E-state index in [-0.39, 0.29) is 49.0 Å². The Hall–Kier alpha value is -1.87. The minimum absolute atomic E-state index is 0.00731. The Bertz CT molecular complexity index is 995. The second-order valence-electron chi connectivity index (χ2n) is 13.1. The van der Waals surface area contributed by atoms with Gasteiger partial charge < -0.3 is 33.2 Å². The van der Waals surface area contributed by atoms with Crippen LogP contribution in [0.15, 0.2) is 54.6 Å². The van der Waals surface area contributed by atoms with Crippen molar-refractivity contribution in [3.05, 3.63) is 60.2 Å². The zero-order valence-corrected chi connectivity index (χ0v) is 27.2. The molecule has 0 N–H and O–H groups in total.